The summed E-state index contributed by atoms with van der Waals surface area (Å²) in [6.45, 7) is 5.87. The Balaban J connectivity index is 2.39. The smallest absolute Gasteiger partial charge is 0.339 e. The molecule has 20 heavy (non-hydrogen) atoms. The van der Waals surface area contributed by atoms with Crippen LogP contribution in [0.3, 0.4) is 0 Å². The lowest BCUT2D eigenvalue weighted by molar-refractivity contribution is 0.0695. The van der Waals surface area contributed by atoms with Gasteiger partial charge < -0.3 is 5.11 Å². The second-order valence-electron chi connectivity index (χ2n) is 4.76. The third-order valence-electron chi connectivity index (χ3n) is 3.39. The van der Waals surface area contributed by atoms with Gasteiger partial charge in [-0.1, -0.05) is 6.07 Å². The van der Waals surface area contributed by atoms with Gasteiger partial charge in [0.15, 0.2) is 0 Å². The highest BCUT2D eigenvalue weighted by molar-refractivity contribution is 5.90. The quantitative estimate of drug-likeness (QED) is 0.928. The van der Waals surface area contributed by atoms with Crippen molar-refractivity contribution < 1.29 is 9.90 Å². The molecule has 0 aliphatic heterocycles. The molecule has 2 aromatic rings. The van der Waals surface area contributed by atoms with E-state index in [9.17, 15) is 4.79 Å². The minimum Gasteiger partial charge on any atom is -0.478 e. The molecule has 0 amide bonds. The monoisotopic (exact) mass is 269 g/mol. The van der Waals surface area contributed by atoms with Crippen LogP contribution in [0.2, 0.25) is 0 Å². The maximum Gasteiger partial charge on any atom is 0.339 e. The van der Waals surface area contributed by atoms with Gasteiger partial charge in [-0.3, -0.25) is 4.68 Å². The van der Waals surface area contributed by atoms with E-state index in [4.69, 9.17) is 10.4 Å². The molecule has 0 aliphatic rings. The Bertz CT molecular complexity index is 723. The molecule has 0 saturated heterocycles. The molecular weight excluding hydrogens is 254 g/mol. The van der Waals surface area contributed by atoms with Crippen molar-refractivity contribution in [2.24, 2.45) is 0 Å². The van der Waals surface area contributed by atoms with Gasteiger partial charge in [0, 0.05) is 0 Å². The van der Waals surface area contributed by atoms with Gasteiger partial charge in [-0.25, -0.2) is 4.79 Å². The summed E-state index contributed by atoms with van der Waals surface area (Å²) in [7, 11) is 0. The average molecular weight is 269 g/mol. The van der Waals surface area contributed by atoms with Crippen molar-refractivity contribution in [3.8, 4) is 6.07 Å². The highest BCUT2D eigenvalue weighted by Crippen LogP contribution is 2.17. The van der Waals surface area contributed by atoms with E-state index in [0.29, 0.717) is 23.5 Å². The number of benzene rings is 1. The van der Waals surface area contributed by atoms with Crippen LogP contribution in [-0.2, 0) is 6.54 Å². The van der Waals surface area contributed by atoms with Gasteiger partial charge in [-0.15, -0.1) is 0 Å². The SMILES string of the molecule is Cc1cc(C#N)ccc1Cn1nc(C)c(C(=O)O)c1C. The van der Waals surface area contributed by atoms with Crippen molar-refractivity contribution in [3.05, 3.63) is 51.8 Å². The normalized spacial score (nSPS) is 10.3. The van der Waals surface area contributed by atoms with Crippen LogP contribution in [-0.4, -0.2) is 20.9 Å². The second kappa shape index (κ2) is 5.17. The van der Waals surface area contributed by atoms with E-state index >= 15 is 0 Å². The fourth-order valence-electron chi connectivity index (χ4n) is 2.26. The van der Waals surface area contributed by atoms with Gasteiger partial charge in [0.2, 0.25) is 0 Å². The maximum absolute atomic E-state index is 11.2. The number of hydrogen-bond donors (Lipinski definition) is 1. The van der Waals surface area contributed by atoms with Crippen LogP contribution in [0, 0.1) is 32.1 Å². The largest absolute Gasteiger partial charge is 0.478 e. The van der Waals surface area contributed by atoms with E-state index in [-0.39, 0.29) is 5.56 Å². The Morgan fingerprint density at radius 1 is 1.40 bits per heavy atom. The van der Waals surface area contributed by atoms with Crippen molar-refractivity contribution in [3.63, 3.8) is 0 Å². The summed E-state index contributed by atoms with van der Waals surface area (Å²) in [5, 5.41) is 22.3. The van der Waals surface area contributed by atoms with Crippen LogP contribution >= 0.6 is 0 Å². The highest BCUT2D eigenvalue weighted by Gasteiger charge is 2.17. The minimum atomic E-state index is -0.956. The number of aromatic carboxylic acids is 1. The van der Waals surface area contributed by atoms with Gasteiger partial charge in [-0.05, 0) is 44.0 Å². The molecule has 0 spiro atoms. The highest BCUT2D eigenvalue weighted by atomic mass is 16.4. The zero-order chi connectivity index (χ0) is 14.9. The Morgan fingerprint density at radius 2 is 2.10 bits per heavy atom. The molecule has 0 radical (unpaired) electrons. The molecule has 0 fully saturated rings. The standard InChI is InChI=1S/C15H15N3O2/c1-9-6-12(7-16)4-5-13(9)8-18-11(3)14(15(19)20)10(2)17-18/h4-6H,8H2,1-3H3,(H,19,20). The molecule has 0 saturated carbocycles. The summed E-state index contributed by atoms with van der Waals surface area (Å²) < 4.78 is 1.69. The van der Waals surface area contributed by atoms with Crippen molar-refractivity contribution in [2.45, 2.75) is 27.3 Å². The Hall–Kier alpha value is -2.61. The van der Waals surface area contributed by atoms with E-state index in [2.05, 4.69) is 11.2 Å². The molecule has 1 heterocycles. The molecule has 5 heteroatoms. The van der Waals surface area contributed by atoms with Crippen LogP contribution in [0.5, 0.6) is 0 Å². The summed E-state index contributed by atoms with van der Waals surface area (Å²) in [6, 6.07) is 7.55. The summed E-state index contributed by atoms with van der Waals surface area (Å²) in [5.41, 5.74) is 4.04. The van der Waals surface area contributed by atoms with E-state index in [1.54, 1.807) is 24.6 Å². The Labute approximate surface area is 117 Å². The molecule has 0 unspecified atom stereocenters. The van der Waals surface area contributed by atoms with E-state index in [0.717, 1.165) is 11.1 Å². The van der Waals surface area contributed by atoms with Crippen LogP contribution in [0.4, 0.5) is 0 Å². The maximum atomic E-state index is 11.2. The predicted octanol–water partition coefficient (Wildman–Crippen LogP) is 2.43. The van der Waals surface area contributed by atoms with Crippen molar-refractivity contribution in [1.29, 1.82) is 5.26 Å². The van der Waals surface area contributed by atoms with Gasteiger partial charge >= 0.3 is 5.97 Å². The number of nitrogens with zero attached hydrogens (tertiary/aromatic N) is 3. The molecule has 0 atom stereocenters. The number of aromatic nitrogens is 2. The summed E-state index contributed by atoms with van der Waals surface area (Å²) >= 11 is 0. The minimum absolute atomic E-state index is 0.260. The van der Waals surface area contributed by atoms with Crippen LogP contribution in [0.25, 0.3) is 0 Å². The zero-order valence-corrected chi connectivity index (χ0v) is 11.6. The number of carbonyl (C=O) groups is 1. The first-order chi connectivity index (χ1) is 9.43. The third-order valence-corrected chi connectivity index (χ3v) is 3.39. The molecule has 2 rings (SSSR count). The molecule has 1 aromatic carbocycles. The van der Waals surface area contributed by atoms with Crippen LogP contribution < -0.4 is 0 Å². The van der Waals surface area contributed by atoms with Gasteiger partial charge in [0.1, 0.15) is 5.56 Å². The van der Waals surface area contributed by atoms with Gasteiger partial charge in [0.05, 0.1) is 29.6 Å². The first-order valence-electron chi connectivity index (χ1n) is 6.21. The van der Waals surface area contributed by atoms with Crippen molar-refractivity contribution >= 4 is 5.97 Å². The Morgan fingerprint density at radius 3 is 2.60 bits per heavy atom. The second-order valence-corrected chi connectivity index (χ2v) is 4.76. The first-order valence-corrected chi connectivity index (χ1v) is 6.21. The third kappa shape index (κ3) is 2.41. The average Bonchev–Trinajstić information content (AvgIpc) is 2.66. The van der Waals surface area contributed by atoms with Crippen molar-refractivity contribution in [1.82, 2.24) is 9.78 Å². The summed E-state index contributed by atoms with van der Waals surface area (Å²) in [4.78, 5) is 11.2. The van der Waals surface area contributed by atoms with E-state index in [1.165, 1.54) is 0 Å². The van der Waals surface area contributed by atoms with E-state index < -0.39 is 5.97 Å². The summed E-state index contributed by atoms with van der Waals surface area (Å²) in [6.07, 6.45) is 0. The number of aryl methyl sites for hydroxylation is 2. The molecule has 102 valence electrons. The van der Waals surface area contributed by atoms with Gasteiger partial charge in [-0.2, -0.15) is 10.4 Å². The Kier molecular flexibility index (Phi) is 3.57. The number of carboxylic acids is 1. The lowest BCUT2D eigenvalue weighted by Gasteiger charge is -2.08. The van der Waals surface area contributed by atoms with Crippen LogP contribution in [0.1, 0.15) is 38.4 Å². The predicted molar refractivity (Wildman–Crippen MR) is 73.7 cm³/mol. The molecule has 5 nitrogen and oxygen atoms in total. The number of nitriles is 1. The van der Waals surface area contributed by atoms with Gasteiger partial charge in [0.25, 0.3) is 0 Å². The fraction of sp³-hybridized carbons (Fsp3) is 0.267. The molecule has 1 N–H and O–H groups in total. The fourth-order valence-corrected chi connectivity index (χ4v) is 2.26. The lowest BCUT2D eigenvalue weighted by Crippen LogP contribution is -2.07. The first kappa shape index (κ1) is 13.8. The topological polar surface area (TPSA) is 78.9 Å². The van der Waals surface area contributed by atoms with Crippen molar-refractivity contribution in [2.75, 3.05) is 0 Å². The van der Waals surface area contributed by atoms with E-state index in [1.807, 2.05) is 19.1 Å². The molecule has 1 aromatic heterocycles. The number of rotatable bonds is 3. The lowest BCUT2D eigenvalue weighted by atomic mass is 10.1. The number of hydrogen-bond acceptors (Lipinski definition) is 3. The zero-order valence-electron chi connectivity index (χ0n) is 11.6. The molecule has 0 aliphatic carbocycles. The molecular formula is C15H15N3O2. The number of carboxylic acid groups (broad SMARTS) is 1. The summed E-state index contributed by atoms with van der Waals surface area (Å²) in [5.74, 6) is -0.956. The van der Waals surface area contributed by atoms with Crippen LogP contribution in [0.15, 0.2) is 18.2 Å². The molecule has 0 bridgehead atoms.